The van der Waals surface area contributed by atoms with Gasteiger partial charge in [0.2, 0.25) is 0 Å². The molecule has 1 aliphatic heterocycles. The van der Waals surface area contributed by atoms with Crippen LogP contribution in [0, 0.1) is 0 Å². The van der Waals surface area contributed by atoms with Crippen molar-refractivity contribution in [2.24, 2.45) is 17.8 Å². The van der Waals surface area contributed by atoms with Crippen LogP contribution < -0.4 is 11.1 Å². The minimum absolute atomic E-state index is 0. The normalized spacial score (nSPS) is 16.5. The Labute approximate surface area is 142 Å². The molecule has 1 fully saturated rings. The summed E-state index contributed by atoms with van der Waals surface area (Å²) in [5.74, 6) is 0.494. The number of rotatable bonds is 6. The standard InChI is InChI=1S/C13H24N6O.HI/c1-18-12(3-5-17-18)11-16-13(14)15-4-2-6-19-7-9-20-10-8-19;/h3,5H,2,4,6-11H2,1H3,(H3,14,15,16);1H. The molecule has 21 heavy (non-hydrogen) atoms. The zero-order valence-corrected chi connectivity index (χ0v) is 14.8. The molecule has 0 spiro atoms. The summed E-state index contributed by atoms with van der Waals surface area (Å²) in [7, 11) is 1.90. The molecule has 8 heteroatoms. The molecule has 1 aliphatic rings. The van der Waals surface area contributed by atoms with Gasteiger partial charge in [-0.3, -0.25) is 9.58 Å². The zero-order chi connectivity index (χ0) is 14.2. The Balaban J connectivity index is 0.00000220. The molecule has 0 bridgehead atoms. The maximum absolute atomic E-state index is 5.84. The molecule has 0 radical (unpaired) electrons. The summed E-state index contributed by atoms with van der Waals surface area (Å²) in [6, 6.07) is 1.94. The van der Waals surface area contributed by atoms with E-state index in [4.69, 9.17) is 10.5 Å². The molecule has 2 heterocycles. The Morgan fingerprint density at radius 1 is 1.48 bits per heavy atom. The molecule has 0 aliphatic carbocycles. The number of morpholine rings is 1. The maximum Gasteiger partial charge on any atom is 0.188 e. The highest BCUT2D eigenvalue weighted by Crippen LogP contribution is 1.98. The minimum Gasteiger partial charge on any atom is -0.379 e. The average Bonchev–Trinajstić information content (AvgIpc) is 2.88. The first-order valence-electron chi connectivity index (χ1n) is 7.06. The Kier molecular flexibility index (Phi) is 8.62. The fourth-order valence-electron chi connectivity index (χ4n) is 2.12. The second-order valence-electron chi connectivity index (χ2n) is 4.88. The molecule has 1 saturated heterocycles. The minimum atomic E-state index is 0. The Morgan fingerprint density at radius 3 is 2.90 bits per heavy atom. The highest BCUT2D eigenvalue weighted by atomic mass is 127. The highest BCUT2D eigenvalue weighted by molar-refractivity contribution is 14.0. The fraction of sp³-hybridized carbons (Fsp3) is 0.692. The van der Waals surface area contributed by atoms with Crippen molar-refractivity contribution in [1.29, 1.82) is 0 Å². The third-order valence-electron chi connectivity index (χ3n) is 3.39. The van der Waals surface area contributed by atoms with Gasteiger partial charge in [-0.1, -0.05) is 0 Å². The lowest BCUT2D eigenvalue weighted by Gasteiger charge is -2.26. The van der Waals surface area contributed by atoms with Crippen molar-refractivity contribution in [3.63, 3.8) is 0 Å². The first kappa shape index (κ1) is 18.2. The van der Waals surface area contributed by atoms with Gasteiger partial charge in [0.1, 0.15) is 0 Å². The second kappa shape index (κ2) is 9.96. The van der Waals surface area contributed by atoms with E-state index in [-0.39, 0.29) is 24.0 Å². The van der Waals surface area contributed by atoms with Crippen LogP contribution in [0.1, 0.15) is 12.1 Å². The summed E-state index contributed by atoms with van der Waals surface area (Å²) >= 11 is 0. The van der Waals surface area contributed by atoms with Crippen molar-refractivity contribution in [3.05, 3.63) is 18.0 Å². The van der Waals surface area contributed by atoms with Crippen LogP contribution in [0.25, 0.3) is 0 Å². The van der Waals surface area contributed by atoms with Crippen molar-refractivity contribution in [2.45, 2.75) is 13.0 Å². The summed E-state index contributed by atoms with van der Waals surface area (Å²) < 4.78 is 7.12. The molecule has 120 valence electrons. The van der Waals surface area contributed by atoms with Crippen LogP contribution in [0.5, 0.6) is 0 Å². The molecular weight excluding hydrogens is 383 g/mol. The maximum atomic E-state index is 5.84. The number of halogens is 1. The van der Waals surface area contributed by atoms with E-state index in [0.717, 1.165) is 51.5 Å². The summed E-state index contributed by atoms with van der Waals surface area (Å²) in [5.41, 5.74) is 6.88. The van der Waals surface area contributed by atoms with Crippen molar-refractivity contribution in [2.75, 3.05) is 39.4 Å². The lowest BCUT2D eigenvalue weighted by atomic mass is 10.3. The molecule has 7 nitrogen and oxygen atoms in total. The number of aliphatic imine (C=N–C) groups is 1. The van der Waals surface area contributed by atoms with Gasteiger partial charge in [0.25, 0.3) is 0 Å². The smallest absolute Gasteiger partial charge is 0.188 e. The molecule has 0 saturated carbocycles. The molecule has 3 N–H and O–H groups in total. The van der Waals surface area contributed by atoms with Crippen molar-refractivity contribution < 1.29 is 4.74 Å². The van der Waals surface area contributed by atoms with Gasteiger partial charge in [-0.05, 0) is 19.0 Å². The number of nitrogens with two attached hydrogens (primary N) is 1. The number of guanidine groups is 1. The average molecular weight is 408 g/mol. The quantitative estimate of drug-likeness (QED) is 0.304. The number of nitrogens with zero attached hydrogens (tertiary/aromatic N) is 4. The van der Waals surface area contributed by atoms with E-state index >= 15 is 0 Å². The van der Waals surface area contributed by atoms with Crippen molar-refractivity contribution in [3.8, 4) is 0 Å². The van der Waals surface area contributed by atoms with Crippen LogP contribution in [-0.2, 0) is 18.3 Å². The molecule has 0 unspecified atom stereocenters. The Morgan fingerprint density at radius 2 is 2.24 bits per heavy atom. The Bertz CT molecular complexity index is 430. The molecule has 0 aromatic carbocycles. The summed E-state index contributed by atoms with van der Waals surface area (Å²) in [6.07, 6.45) is 2.82. The van der Waals surface area contributed by atoms with E-state index in [0.29, 0.717) is 12.5 Å². The summed E-state index contributed by atoms with van der Waals surface area (Å²) in [4.78, 5) is 6.71. The number of hydrogen-bond acceptors (Lipinski definition) is 4. The van der Waals surface area contributed by atoms with Crippen LogP contribution in [0.3, 0.4) is 0 Å². The van der Waals surface area contributed by atoms with Gasteiger partial charge < -0.3 is 15.8 Å². The monoisotopic (exact) mass is 408 g/mol. The lowest BCUT2D eigenvalue weighted by Crippen LogP contribution is -2.39. The van der Waals surface area contributed by atoms with Gasteiger partial charge in [-0.15, -0.1) is 24.0 Å². The molecule has 0 amide bonds. The Hall–Kier alpha value is -0.870. The zero-order valence-electron chi connectivity index (χ0n) is 12.5. The van der Waals surface area contributed by atoms with Gasteiger partial charge >= 0.3 is 0 Å². The highest BCUT2D eigenvalue weighted by Gasteiger charge is 2.08. The summed E-state index contributed by atoms with van der Waals surface area (Å²) in [6.45, 7) is 6.24. The van der Waals surface area contributed by atoms with E-state index in [1.807, 2.05) is 13.1 Å². The van der Waals surface area contributed by atoms with E-state index in [2.05, 4.69) is 20.3 Å². The molecule has 2 rings (SSSR count). The summed E-state index contributed by atoms with van der Waals surface area (Å²) in [5, 5.41) is 7.24. The number of aryl methyl sites for hydroxylation is 1. The van der Waals surface area contributed by atoms with Crippen molar-refractivity contribution in [1.82, 2.24) is 20.0 Å². The number of ether oxygens (including phenoxy) is 1. The largest absolute Gasteiger partial charge is 0.379 e. The van der Waals surface area contributed by atoms with Crippen LogP contribution in [0.2, 0.25) is 0 Å². The molecule has 0 atom stereocenters. The van der Waals surface area contributed by atoms with E-state index in [1.54, 1.807) is 10.9 Å². The van der Waals surface area contributed by atoms with Crippen LogP contribution >= 0.6 is 24.0 Å². The van der Waals surface area contributed by atoms with E-state index in [9.17, 15) is 0 Å². The van der Waals surface area contributed by atoms with Gasteiger partial charge in [0, 0.05) is 32.9 Å². The van der Waals surface area contributed by atoms with Crippen LogP contribution in [-0.4, -0.2) is 60.0 Å². The number of aromatic nitrogens is 2. The fourth-order valence-corrected chi connectivity index (χ4v) is 2.12. The van der Waals surface area contributed by atoms with Gasteiger partial charge in [-0.25, -0.2) is 4.99 Å². The van der Waals surface area contributed by atoms with Gasteiger partial charge in [-0.2, -0.15) is 5.10 Å². The van der Waals surface area contributed by atoms with Gasteiger partial charge in [0.15, 0.2) is 5.96 Å². The van der Waals surface area contributed by atoms with Crippen LogP contribution in [0.4, 0.5) is 0 Å². The SMILES string of the molecule is Cn1nccc1CN=C(N)NCCCN1CCOCC1.I. The third kappa shape index (κ3) is 6.62. The number of hydrogen-bond donors (Lipinski definition) is 2. The first-order valence-corrected chi connectivity index (χ1v) is 7.06. The van der Waals surface area contributed by atoms with Crippen molar-refractivity contribution >= 4 is 29.9 Å². The van der Waals surface area contributed by atoms with E-state index < -0.39 is 0 Å². The third-order valence-corrected chi connectivity index (χ3v) is 3.39. The first-order chi connectivity index (χ1) is 9.75. The predicted molar refractivity (Wildman–Crippen MR) is 93.8 cm³/mol. The lowest BCUT2D eigenvalue weighted by molar-refractivity contribution is 0.0376. The molecule has 1 aromatic rings. The van der Waals surface area contributed by atoms with Crippen LogP contribution in [0.15, 0.2) is 17.3 Å². The topological polar surface area (TPSA) is 80.7 Å². The van der Waals surface area contributed by atoms with Gasteiger partial charge in [0.05, 0.1) is 25.5 Å². The van der Waals surface area contributed by atoms with E-state index in [1.165, 1.54) is 0 Å². The second-order valence-corrected chi connectivity index (χ2v) is 4.88. The molecular formula is C13H25IN6O. The molecule has 1 aromatic heterocycles. The predicted octanol–water partition coefficient (Wildman–Crippen LogP) is 0.165. The number of nitrogens with one attached hydrogen (secondary N) is 1.